The highest BCUT2D eigenvalue weighted by Gasteiger charge is 2.02. The average molecular weight is 282 g/mol. The topological polar surface area (TPSA) is 52.6 Å². The Morgan fingerprint density at radius 2 is 1.05 bits per heavy atom. The van der Waals surface area contributed by atoms with Gasteiger partial charge in [-0.2, -0.15) is 0 Å². The lowest BCUT2D eigenvalue weighted by Gasteiger charge is -2.03. The summed E-state index contributed by atoms with van der Waals surface area (Å²) in [6.07, 6.45) is 10.00. The van der Waals surface area contributed by atoms with Crippen LogP contribution in [-0.2, 0) is 19.1 Å². The van der Waals surface area contributed by atoms with Gasteiger partial charge < -0.3 is 9.47 Å². The van der Waals surface area contributed by atoms with E-state index in [1.807, 2.05) is 0 Å². The predicted octanol–water partition coefficient (Wildman–Crippen LogP) is 3.57. The fraction of sp³-hybridized carbons (Fsp3) is 0.625. The zero-order chi connectivity index (χ0) is 15.1. The number of unbranched alkanes of at least 4 members (excludes halogenated alkanes) is 5. The summed E-state index contributed by atoms with van der Waals surface area (Å²) in [6, 6.07) is 0. The molecular weight excluding hydrogens is 256 g/mol. The van der Waals surface area contributed by atoms with Crippen molar-refractivity contribution in [1.29, 1.82) is 0 Å². The molecule has 0 amide bonds. The van der Waals surface area contributed by atoms with Crippen LogP contribution in [0.15, 0.2) is 25.3 Å². The number of hydrogen-bond donors (Lipinski definition) is 0. The molecule has 0 aromatic heterocycles. The van der Waals surface area contributed by atoms with E-state index in [0.29, 0.717) is 26.1 Å². The number of carbonyl (C=O) groups excluding carboxylic acids is 2. The Kier molecular flexibility index (Phi) is 12.7. The summed E-state index contributed by atoms with van der Waals surface area (Å²) in [5.41, 5.74) is 0. The summed E-state index contributed by atoms with van der Waals surface area (Å²) in [7, 11) is 0. The maximum absolute atomic E-state index is 11.2. The highest BCUT2D eigenvalue weighted by Crippen LogP contribution is 2.09. The van der Waals surface area contributed by atoms with Crippen LogP contribution < -0.4 is 0 Å². The number of esters is 2. The lowest BCUT2D eigenvalue weighted by Crippen LogP contribution is -2.04. The van der Waals surface area contributed by atoms with Crippen LogP contribution in [0.4, 0.5) is 0 Å². The molecule has 0 aliphatic heterocycles. The summed E-state index contributed by atoms with van der Waals surface area (Å²) in [4.78, 5) is 22.3. The molecule has 0 aliphatic rings. The van der Waals surface area contributed by atoms with Crippen LogP contribution in [0, 0.1) is 0 Å². The Morgan fingerprint density at radius 3 is 1.40 bits per heavy atom. The number of carbonyl (C=O) groups is 2. The molecular formula is C16H26O4. The SMILES string of the molecule is C=CCOC(=O)CCCCCCCCC(=O)OCC=C. The van der Waals surface area contributed by atoms with Crippen molar-refractivity contribution in [3.8, 4) is 0 Å². The van der Waals surface area contributed by atoms with Gasteiger partial charge in [0.25, 0.3) is 0 Å². The van der Waals surface area contributed by atoms with Crippen molar-refractivity contribution in [1.82, 2.24) is 0 Å². The van der Waals surface area contributed by atoms with E-state index in [4.69, 9.17) is 9.47 Å². The van der Waals surface area contributed by atoms with Crippen molar-refractivity contribution in [3.05, 3.63) is 25.3 Å². The largest absolute Gasteiger partial charge is 0.461 e. The van der Waals surface area contributed by atoms with E-state index in [0.717, 1.165) is 38.5 Å². The van der Waals surface area contributed by atoms with Gasteiger partial charge in [0.2, 0.25) is 0 Å². The van der Waals surface area contributed by atoms with Gasteiger partial charge in [0, 0.05) is 12.8 Å². The fourth-order valence-corrected chi connectivity index (χ4v) is 1.69. The second-order valence-electron chi connectivity index (χ2n) is 4.56. The molecule has 0 radical (unpaired) electrons. The highest BCUT2D eigenvalue weighted by atomic mass is 16.5. The maximum atomic E-state index is 11.2. The van der Waals surface area contributed by atoms with Crippen LogP contribution in [0.3, 0.4) is 0 Å². The summed E-state index contributed by atoms with van der Waals surface area (Å²) in [5, 5.41) is 0. The third-order valence-electron chi connectivity index (χ3n) is 2.74. The molecule has 0 heterocycles. The van der Waals surface area contributed by atoms with Crippen molar-refractivity contribution in [2.75, 3.05) is 13.2 Å². The summed E-state index contributed by atoms with van der Waals surface area (Å²) in [5.74, 6) is -0.315. The van der Waals surface area contributed by atoms with Gasteiger partial charge in [-0.1, -0.05) is 51.0 Å². The normalized spacial score (nSPS) is 9.80. The summed E-state index contributed by atoms with van der Waals surface area (Å²) >= 11 is 0. The van der Waals surface area contributed by atoms with Crippen LogP contribution in [0.2, 0.25) is 0 Å². The first-order chi connectivity index (χ1) is 9.70. The minimum atomic E-state index is -0.158. The third kappa shape index (κ3) is 12.9. The van der Waals surface area contributed by atoms with Gasteiger partial charge in [0.15, 0.2) is 0 Å². The molecule has 0 aliphatic carbocycles. The molecule has 20 heavy (non-hydrogen) atoms. The molecule has 0 fully saturated rings. The van der Waals surface area contributed by atoms with Crippen molar-refractivity contribution >= 4 is 11.9 Å². The smallest absolute Gasteiger partial charge is 0.306 e. The first-order valence-corrected chi connectivity index (χ1v) is 7.23. The first-order valence-electron chi connectivity index (χ1n) is 7.23. The second kappa shape index (κ2) is 13.8. The van der Waals surface area contributed by atoms with Gasteiger partial charge in [-0.3, -0.25) is 9.59 Å². The van der Waals surface area contributed by atoms with E-state index >= 15 is 0 Å². The standard InChI is InChI=1S/C16H26O4/c1-3-13-19-15(17)11-9-7-5-6-8-10-12-16(18)20-14-4-2/h3-4H,1-2,5-14H2. The molecule has 0 atom stereocenters. The second-order valence-corrected chi connectivity index (χ2v) is 4.56. The Labute approximate surface area is 121 Å². The monoisotopic (exact) mass is 282 g/mol. The molecule has 0 saturated heterocycles. The zero-order valence-corrected chi connectivity index (χ0v) is 12.3. The van der Waals surface area contributed by atoms with Crippen molar-refractivity contribution in [2.45, 2.75) is 51.4 Å². The minimum Gasteiger partial charge on any atom is -0.461 e. The molecule has 4 nitrogen and oxygen atoms in total. The van der Waals surface area contributed by atoms with Gasteiger partial charge in [-0.15, -0.1) is 0 Å². The average Bonchev–Trinajstić information content (AvgIpc) is 2.45. The van der Waals surface area contributed by atoms with Gasteiger partial charge in [-0.05, 0) is 12.8 Å². The van der Waals surface area contributed by atoms with E-state index < -0.39 is 0 Å². The van der Waals surface area contributed by atoms with Gasteiger partial charge >= 0.3 is 11.9 Å². The lowest BCUT2D eigenvalue weighted by molar-refractivity contribution is -0.143. The first kappa shape index (κ1) is 18.4. The Hall–Kier alpha value is -1.58. The van der Waals surface area contributed by atoms with Crippen LogP contribution >= 0.6 is 0 Å². The van der Waals surface area contributed by atoms with E-state index in [9.17, 15) is 9.59 Å². The molecule has 0 spiro atoms. The van der Waals surface area contributed by atoms with E-state index in [-0.39, 0.29) is 11.9 Å². The quantitative estimate of drug-likeness (QED) is 0.294. The number of hydrogen-bond acceptors (Lipinski definition) is 4. The third-order valence-corrected chi connectivity index (χ3v) is 2.74. The van der Waals surface area contributed by atoms with Crippen molar-refractivity contribution in [3.63, 3.8) is 0 Å². The molecule has 0 aromatic rings. The predicted molar refractivity (Wildman–Crippen MR) is 79.2 cm³/mol. The molecule has 4 heteroatoms. The van der Waals surface area contributed by atoms with E-state index in [1.54, 1.807) is 12.2 Å². The van der Waals surface area contributed by atoms with E-state index in [1.165, 1.54) is 0 Å². The van der Waals surface area contributed by atoms with Gasteiger partial charge in [-0.25, -0.2) is 0 Å². The summed E-state index contributed by atoms with van der Waals surface area (Å²) < 4.78 is 9.76. The lowest BCUT2D eigenvalue weighted by atomic mass is 10.1. The van der Waals surface area contributed by atoms with Gasteiger partial charge in [0.05, 0.1) is 0 Å². The van der Waals surface area contributed by atoms with Crippen LogP contribution in [-0.4, -0.2) is 25.2 Å². The fourth-order valence-electron chi connectivity index (χ4n) is 1.69. The Balaban J connectivity index is 3.24. The Bertz CT molecular complexity index is 267. The van der Waals surface area contributed by atoms with Crippen LogP contribution in [0.5, 0.6) is 0 Å². The number of ether oxygens (including phenoxy) is 2. The molecule has 0 N–H and O–H groups in total. The summed E-state index contributed by atoms with van der Waals surface area (Å²) in [6.45, 7) is 7.55. The molecule has 0 bridgehead atoms. The molecule has 114 valence electrons. The van der Waals surface area contributed by atoms with Gasteiger partial charge in [0.1, 0.15) is 13.2 Å². The van der Waals surface area contributed by atoms with Crippen molar-refractivity contribution < 1.29 is 19.1 Å². The van der Waals surface area contributed by atoms with Crippen LogP contribution in [0.25, 0.3) is 0 Å². The molecule has 0 saturated carbocycles. The van der Waals surface area contributed by atoms with Crippen molar-refractivity contribution in [2.24, 2.45) is 0 Å². The minimum absolute atomic E-state index is 0.158. The van der Waals surface area contributed by atoms with Crippen LogP contribution in [0.1, 0.15) is 51.4 Å². The molecule has 0 rings (SSSR count). The molecule has 0 unspecified atom stereocenters. The number of rotatable bonds is 13. The maximum Gasteiger partial charge on any atom is 0.306 e. The van der Waals surface area contributed by atoms with E-state index in [2.05, 4.69) is 13.2 Å². The highest BCUT2D eigenvalue weighted by molar-refractivity contribution is 5.69. The Morgan fingerprint density at radius 1 is 0.700 bits per heavy atom. The molecule has 0 aromatic carbocycles. The zero-order valence-electron chi connectivity index (χ0n) is 12.3.